The van der Waals surface area contributed by atoms with E-state index in [0.29, 0.717) is 13.2 Å². The Bertz CT molecular complexity index is 148. The molecule has 0 aliphatic carbocycles. The van der Waals surface area contributed by atoms with E-state index in [1.807, 2.05) is 6.92 Å². The molecular formula is C11H23NO2. The van der Waals surface area contributed by atoms with Gasteiger partial charge >= 0.3 is 5.97 Å². The van der Waals surface area contributed by atoms with Crippen LogP contribution in [0.2, 0.25) is 0 Å². The Labute approximate surface area is 87.0 Å². The van der Waals surface area contributed by atoms with E-state index in [4.69, 9.17) is 10.5 Å². The Kier molecular flexibility index (Phi) is 8.64. The number of nitrogens with two attached hydrogens (primary N) is 1. The molecule has 0 bridgehead atoms. The molecule has 3 heteroatoms. The van der Waals surface area contributed by atoms with E-state index >= 15 is 0 Å². The van der Waals surface area contributed by atoms with Crippen LogP contribution >= 0.6 is 0 Å². The Balaban J connectivity index is 3.62. The summed E-state index contributed by atoms with van der Waals surface area (Å²) in [6.07, 6.45) is 5.59. The van der Waals surface area contributed by atoms with Crippen molar-refractivity contribution < 1.29 is 9.53 Å². The van der Waals surface area contributed by atoms with Crippen molar-refractivity contribution in [3.63, 3.8) is 0 Å². The number of rotatable bonds is 8. The Morgan fingerprint density at radius 2 is 2.00 bits per heavy atom. The van der Waals surface area contributed by atoms with Gasteiger partial charge in [-0.05, 0) is 13.3 Å². The van der Waals surface area contributed by atoms with Crippen LogP contribution in [-0.4, -0.2) is 19.1 Å². The third-order valence-electron chi connectivity index (χ3n) is 2.31. The first-order chi connectivity index (χ1) is 6.76. The quantitative estimate of drug-likeness (QED) is 0.483. The van der Waals surface area contributed by atoms with E-state index in [1.54, 1.807) is 0 Å². The smallest absolute Gasteiger partial charge is 0.310 e. The molecule has 0 saturated carbocycles. The van der Waals surface area contributed by atoms with Crippen molar-refractivity contribution in [2.24, 2.45) is 11.7 Å². The van der Waals surface area contributed by atoms with Gasteiger partial charge in [0.15, 0.2) is 0 Å². The number of unbranched alkanes of at least 4 members (excludes halogenated alkanes) is 3. The highest BCUT2D eigenvalue weighted by Crippen LogP contribution is 2.11. The number of carbonyl (C=O) groups is 1. The molecule has 0 aliphatic rings. The SMILES string of the molecule is CCCCCCC(CN)C(=O)OCC. The van der Waals surface area contributed by atoms with Crippen molar-refractivity contribution in [1.82, 2.24) is 0 Å². The van der Waals surface area contributed by atoms with Crippen molar-refractivity contribution in [3.05, 3.63) is 0 Å². The van der Waals surface area contributed by atoms with E-state index in [1.165, 1.54) is 19.3 Å². The third-order valence-corrected chi connectivity index (χ3v) is 2.31. The average molecular weight is 201 g/mol. The molecule has 1 unspecified atom stereocenters. The summed E-state index contributed by atoms with van der Waals surface area (Å²) >= 11 is 0. The lowest BCUT2D eigenvalue weighted by atomic mass is 10.0. The van der Waals surface area contributed by atoms with Crippen LogP contribution in [-0.2, 0) is 9.53 Å². The molecule has 3 nitrogen and oxygen atoms in total. The van der Waals surface area contributed by atoms with Crippen LogP contribution in [0.25, 0.3) is 0 Å². The van der Waals surface area contributed by atoms with Crippen molar-refractivity contribution in [2.75, 3.05) is 13.2 Å². The highest BCUT2D eigenvalue weighted by atomic mass is 16.5. The molecule has 0 heterocycles. The molecule has 2 N–H and O–H groups in total. The summed E-state index contributed by atoms with van der Waals surface area (Å²) in [5.41, 5.74) is 5.52. The van der Waals surface area contributed by atoms with E-state index in [9.17, 15) is 4.79 Å². The molecule has 0 spiro atoms. The number of hydrogen-bond acceptors (Lipinski definition) is 3. The third kappa shape index (κ3) is 5.97. The maximum absolute atomic E-state index is 11.3. The minimum absolute atomic E-state index is 0.0909. The topological polar surface area (TPSA) is 52.3 Å². The van der Waals surface area contributed by atoms with Gasteiger partial charge in [0.2, 0.25) is 0 Å². The predicted molar refractivity (Wildman–Crippen MR) is 57.9 cm³/mol. The van der Waals surface area contributed by atoms with Crippen LogP contribution in [0, 0.1) is 5.92 Å². The lowest BCUT2D eigenvalue weighted by Gasteiger charge is -2.12. The monoisotopic (exact) mass is 201 g/mol. The minimum atomic E-state index is -0.133. The van der Waals surface area contributed by atoms with E-state index < -0.39 is 0 Å². The van der Waals surface area contributed by atoms with Crippen LogP contribution in [0.4, 0.5) is 0 Å². The van der Waals surface area contributed by atoms with E-state index in [0.717, 1.165) is 12.8 Å². The van der Waals surface area contributed by atoms with Gasteiger partial charge in [0.1, 0.15) is 0 Å². The van der Waals surface area contributed by atoms with Gasteiger partial charge in [-0.3, -0.25) is 4.79 Å². The van der Waals surface area contributed by atoms with Crippen molar-refractivity contribution in [1.29, 1.82) is 0 Å². The van der Waals surface area contributed by atoms with Crippen LogP contribution < -0.4 is 5.73 Å². The first kappa shape index (κ1) is 13.4. The largest absolute Gasteiger partial charge is 0.466 e. The second kappa shape index (κ2) is 9.00. The second-order valence-corrected chi connectivity index (χ2v) is 3.53. The Morgan fingerprint density at radius 1 is 1.29 bits per heavy atom. The molecule has 0 amide bonds. The van der Waals surface area contributed by atoms with Gasteiger partial charge in [0, 0.05) is 6.54 Å². The fraction of sp³-hybridized carbons (Fsp3) is 0.909. The Morgan fingerprint density at radius 3 is 2.50 bits per heavy atom. The van der Waals surface area contributed by atoms with Crippen LogP contribution in [0.5, 0.6) is 0 Å². The van der Waals surface area contributed by atoms with Gasteiger partial charge in [0.05, 0.1) is 12.5 Å². The molecule has 1 atom stereocenters. The summed E-state index contributed by atoms with van der Waals surface area (Å²) < 4.78 is 4.93. The first-order valence-corrected chi connectivity index (χ1v) is 5.62. The van der Waals surface area contributed by atoms with Crippen LogP contribution in [0.1, 0.15) is 46.0 Å². The molecule has 0 aromatic heterocycles. The predicted octanol–water partition coefficient (Wildman–Crippen LogP) is 2.09. The zero-order valence-corrected chi connectivity index (χ0v) is 9.42. The fourth-order valence-electron chi connectivity index (χ4n) is 1.41. The van der Waals surface area contributed by atoms with E-state index in [2.05, 4.69) is 6.92 Å². The van der Waals surface area contributed by atoms with Crippen molar-refractivity contribution in [2.45, 2.75) is 46.0 Å². The summed E-state index contributed by atoms with van der Waals surface area (Å²) in [6.45, 7) is 4.85. The highest BCUT2D eigenvalue weighted by Gasteiger charge is 2.16. The molecule has 0 aliphatic heterocycles. The summed E-state index contributed by atoms with van der Waals surface area (Å²) in [4.78, 5) is 11.3. The zero-order chi connectivity index (χ0) is 10.8. The van der Waals surface area contributed by atoms with Gasteiger partial charge in [-0.1, -0.05) is 32.6 Å². The number of esters is 1. The van der Waals surface area contributed by atoms with Gasteiger partial charge in [0.25, 0.3) is 0 Å². The fourth-order valence-corrected chi connectivity index (χ4v) is 1.41. The lowest BCUT2D eigenvalue weighted by molar-refractivity contribution is -0.147. The lowest BCUT2D eigenvalue weighted by Crippen LogP contribution is -2.25. The minimum Gasteiger partial charge on any atom is -0.466 e. The van der Waals surface area contributed by atoms with Gasteiger partial charge in [-0.25, -0.2) is 0 Å². The van der Waals surface area contributed by atoms with Crippen LogP contribution in [0.3, 0.4) is 0 Å². The Hall–Kier alpha value is -0.570. The van der Waals surface area contributed by atoms with Gasteiger partial charge in [-0.15, -0.1) is 0 Å². The molecule has 0 fully saturated rings. The summed E-state index contributed by atoms with van der Waals surface area (Å²) in [6, 6.07) is 0. The molecule has 0 aromatic carbocycles. The van der Waals surface area contributed by atoms with Gasteiger partial charge < -0.3 is 10.5 Å². The summed E-state index contributed by atoms with van der Waals surface area (Å²) in [7, 11) is 0. The summed E-state index contributed by atoms with van der Waals surface area (Å²) in [5.74, 6) is -0.224. The molecule has 0 saturated heterocycles. The van der Waals surface area contributed by atoms with Crippen LogP contribution in [0.15, 0.2) is 0 Å². The normalized spacial score (nSPS) is 12.5. The summed E-state index contributed by atoms with van der Waals surface area (Å²) in [5, 5.41) is 0. The van der Waals surface area contributed by atoms with Crippen molar-refractivity contribution >= 4 is 5.97 Å². The number of hydrogen-bond donors (Lipinski definition) is 1. The standard InChI is InChI=1S/C11H23NO2/c1-3-5-6-7-8-10(9-12)11(13)14-4-2/h10H,3-9,12H2,1-2H3. The first-order valence-electron chi connectivity index (χ1n) is 5.62. The maximum Gasteiger partial charge on any atom is 0.310 e. The zero-order valence-electron chi connectivity index (χ0n) is 9.42. The number of ether oxygens (including phenoxy) is 1. The molecule has 0 rings (SSSR count). The average Bonchev–Trinajstić information content (AvgIpc) is 2.18. The molecule has 0 aromatic rings. The second-order valence-electron chi connectivity index (χ2n) is 3.53. The highest BCUT2D eigenvalue weighted by molar-refractivity contribution is 5.72. The van der Waals surface area contributed by atoms with E-state index in [-0.39, 0.29) is 11.9 Å². The molecule has 84 valence electrons. The maximum atomic E-state index is 11.3. The molecule has 0 radical (unpaired) electrons. The number of carbonyl (C=O) groups excluding carboxylic acids is 1. The van der Waals surface area contributed by atoms with Crippen molar-refractivity contribution in [3.8, 4) is 0 Å². The molecular weight excluding hydrogens is 178 g/mol. The van der Waals surface area contributed by atoms with Gasteiger partial charge in [-0.2, -0.15) is 0 Å². The molecule has 14 heavy (non-hydrogen) atoms.